The second-order valence-electron chi connectivity index (χ2n) is 3.63. The first kappa shape index (κ1) is 12.2. The van der Waals surface area contributed by atoms with Gasteiger partial charge in [0, 0.05) is 12.0 Å². The number of hydrogen-bond acceptors (Lipinski definition) is 3. The van der Waals surface area contributed by atoms with Crippen LogP contribution in [0.3, 0.4) is 0 Å². The summed E-state index contributed by atoms with van der Waals surface area (Å²) in [6.07, 6.45) is 0.448. The van der Waals surface area contributed by atoms with Crippen LogP contribution in [0.2, 0.25) is 0 Å². The van der Waals surface area contributed by atoms with Crippen LogP contribution in [0.25, 0.3) is 0 Å². The number of thiol groups is 1. The zero-order valence-corrected chi connectivity index (χ0v) is 10.2. The van der Waals surface area contributed by atoms with Gasteiger partial charge in [0.1, 0.15) is 11.5 Å². The fraction of sp³-hybridized carbons (Fsp3) is 0.545. The van der Waals surface area contributed by atoms with E-state index in [0.717, 1.165) is 17.1 Å². The van der Waals surface area contributed by atoms with Gasteiger partial charge < -0.3 is 9.73 Å². The molecule has 1 rings (SSSR count). The molecule has 1 heterocycles. The Morgan fingerprint density at radius 2 is 2.27 bits per heavy atom. The molecule has 0 aromatic carbocycles. The van der Waals surface area contributed by atoms with Crippen molar-refractivity contribution in [2.24, 2.45) is 0 Å². The van der Waals surface area contributed by atoms with Crippen molar-refractivity contribution in [1.82, 2.24) is 5.32 Å². The predicted octanol–water partition coefficient (Wildman–Crippen LogP) is 2.39. The molecule has 1 amide bonds. The van der Waals surface area contributed by atoms with Crippen LogP contribution < -0.4 is 5.32 Å². The minimum Gasteiger partial charge on any atom is -0.466 e. The average Bonchev–Trinajstić information content (AvgIpc) is 2.45. The SMILES string of the molecule is Cc1cc(C(C)NC(=O)CCS)c(C)o1. The van der Waals surface area contributed by atoms with Gasteiger partial charge in [-0.1, -0.05) is 0 Å². The van der Waals surface area contributed by atoms with Crippen LogP contribution in [0.5, 0.6) is 0 Å². The molecule has 1 N–H and O–H groups in total. The van der Waals surface area contributed by atoms with Crippen LogP contribution in [0.1, 0.15) is 36.5 Å². The first-order valence-corrected chi connectivity index (χ1v) is 5.65. The molecule has 0 bridgehead atoms. The van der Waals surface area contributed by atoms with Gasteiger partial charge in [-0.25, -0.2) is 0 Å². The maximum atomic E-state index is 11.4. The molecule has 0 aliphatic rings. The highest BCUT2D eigenvalue weighted by molar-refractivity contribution is 7.80. The van der Waals surface area contributed by atoms with Crippen molar-refractivity contribution in [1.29, 1.82) is 0 Å². The summed E-state index contributed by atoms with van der Waals surface area (Å²) in [5.41, 5.74) is 1.04. The van der Waals surface area contributed by atoms with Crippen molar-refractivity contribution in [2.75, 3.05) is 5.75 Å². The predicted molar refractivity (Wildman–Crippen MR) is 63.2 cm³/mol. The molecular formula is C11H17NO2S. The lowest BCUT2D eigenvalue weighted by molar-refractivity contribution is -0.121. The highest BCUT2D eigenvalue weighted by Gasteiger charge is 2.14. The largest absolute Gasteiger partial charge is 0.466 e. The molecule has 0 fully saturated rings. The Kier molecular flexibility index (Phi) is 4.27. The minimum absolute atomic E-state index is 0.00478. The molecule has 3 nitrogen and oxygen atoms in total. The van der Waals surface area contributed by atoms with E-state index < -0.39 is 0 Å². The zero-order chi connectivity index (χ0) is 11.4. The first-order chi connectivity index (χ1) is 7.04. The summed E-state index contributed by atoms with van der Waals surface area (Å²) in [5, 5.41) is 2.90. The Morgan fingerprint density at radius 3 is 2.73 bits per heavy atom. The van der Waals surface area contributed by atoms with E-state index in [4.69, 9.17) is 4.42 Å². The lowest BCUT2D eigenvalue weighted by atomic mass is 10.1. The van der Waals surface area contributed by atoms with E-state index in [-0.39, 0.29) is 11.9 Å². The van der Waals surface area contributed by atoms with E-state index in [1.165, 1.54) is 0 Å². The van der Waals surface area contributed by atoms with Gasteiger partial charge in [0.15, 0.2) is 0 Å². The molecule has 84 valence electrons. The summed E-state index contributed by atoms with van der Waals surface area (Å²) in [5.74, 6) is 2.34. The van der Waals surface area contributed by atoms with Crippen molar-refractivity contribution >= 4 is 18.5 Å². The van der Waals surface area contributed by atoms with Crippen LogP contribution in [0.15, 0.2) is 10.5 Å². The van der Waals surface area contributed by atoms with E-state index in [2.05, 4.69) is 17.9 Å². The van der Waals surface area contributed by atoms with Crippen LogP contribution in [0, 0.1) is 13.8 Å². The Hall–Kier alpha value is -0.900. The van der Waals surface area contributed by atoms with Crippen LogP contribution in [0.4, 0.5) is 0 Å². The van der Waals surface area contributed by atoms with Crippen molar-refractivity contribution < 1.29 is 9.21 Å². The van der Waals surface area contributed by atoms with Gasteiger partial charge in [-0.05, 0) is 32.6 Å². The number of aryl methyl sites for hydroxylation is 2. The second kappa shape index (κ2) is 5.26. The Labute approximate surface area is 95.6 Å². The molecule has 1 unspecified atom stereocenters. The van der Waals surface area contributed by atoms with E-state index in [1.807, 2.05) is 26.8 Å². The topological polar surface area (TPSA) is 42.2 Å². The number of carbonyl (C=O) groups is 1. The average molecular weight is 227 g/mol. The van der Waals surface area contributed by atoms with Crippen molar-refractivity contribution in [2.45, 2.75) is 33.2 Å². The molecule has 15 heavy (non-hydrogen) atoms. The van der Waals surface area contributed by atoms with Gasteiger partial charge in [-0.3, -0.25) is 4.79 Å². The lowest BCUT2D eigenvalue weighted by Crippen LogP contribution is -2.26. The molecule has 1 atom stereocenters. The van der Waals surface area contributed by atoms with Gasteiger partial charge in [-0.15, -0.1) is 0 Å². The van der Waals surface area contributed by atoms with E-state index in [0.29, 0.717) is 12.2 Å². The summed E-state index contributed by atoms with van der Waals surface area (Å²) < 4.78 is 5.41. The van der Waals surface area contributed by atoms with Gasteiger partial charge in [0.2, 0.25) is 5.91 Å². The van der Waals surface area contributed by atoms with Crippen LogP contribution >= 0.6 is 12.6 Å². The molecule has 0 aliphatic heterocycles. The number of carbonyl (C=O) groups excluding carboxylic acids is 1. The third-order valence-corrected chi connectivity index (χ3v) is 2.49. The van der Waals surface area contributed by atoms with Crippen LogP contribution in [-0.4, -0.2) is 11.7 Å². The molecule has 0 radical (unpaired) electrons. The maximum Gasteiger partial charge on any atom is 0.221 e. The standard InChI is InChI=1S/C11H17NO2S/c1-7-6-10(9(3)14-7)8(2)12-11(13)4-5-15/h6,8,15H,4-5H2,1-3H3,(H,12,13). The van der Waals surface area contributed by atoms with E-state index >= 15 is 0 Å². The minimum atomic E-state index is -0.00478. The molecule has 1 aromatic rings. The summed E-state index contributed by atoms with van der Waals surface area (Å²) in [7, 11) is 0. The number of furan rings is 1. The second-order valence-corrected chi connectivity index (χ2v) is 4.08. The van der Waals surface area contributed by atoms with Crippen molar-refractivity contribution in [3.8, 4) is 0 Å². The Bertz CT molecular complexity index is 346. The zero-order valence-electron chi connectivity index (χ0n) is 9.33. The molecule has 1 aromatic heterocycles. The molecular weight excluding hydrogens is 210 g/mol. The molecule has 0 spiro atoms. The summed E-state index contributed by atoms with van der Waals surface area (Å²) in [4.78, 5) is 11.4. The Balaban J connectivity index is 2.64. The summed E-state index contributed by atoms with van der Waals surface area (Å²) in [6, 6.07) is 1.95. The van der Waals surface area contributed by atoms with Gasteiger partial charge >= 0.3 is 0 Å². The van der Waals surface area contributed by atoms with E-state index in [1.54, 1.807) is 0 Å². The monoisotopic (exact) mass is 227 g/mol. The van der Waals surface area contributed by atoms with Crippen molar-refractivity contribution in [3.63, 3.8) is 0 Å². The highest BCUT2D eigenvalue weighted by Crippen LogP contribution is 2.21. The first-order valence-electron chi connectivity index (χ1n) is 5.01. The third-order valence-electron chi connectivity index (χ3n) is 2.26. The fourth-order valence-electron chi connectivity index (χ4n) is 1.57. The fourth-order valence-corrected chi connectivity index (χ4v) is 1.78. The molecule has 0 saturated heterocycles. The molecule has 0 saturated carbocycles. The quantitative estimate of drug-likeness (QED) is 0.776. The number of nitrogens with one attached hydrogen (secondary N) is 1. The smallest absolute Gasteiger partial charge is 0.221 e. The number of hydrogen-bond donors (Lipinski definition) is 2. The molecule has 0 aliphatic carbocycles. The summed E-state index contributed by atoms with van der Waals surface area (Å²) in [6.45, 7) is 5.76. The normalized spacial score (nSPS) is 12.5. The van der Waals surface area contributed by atoms with Gasteiger partial charge in [-0.2, -0.15) is 12.6 Å². The van der Waals surface area contributed by atoms with E-state index in [9.17, 15) is 4.79 Å². The maximum absolute atomic E-state index is 11.4. The lowest BCUT2D eigenvalue weighted by Gasteiger charge is -2.12. The van der Waals surface area contributed by atoms with Crippen molar-refractivity contribution in [3.05, 3.63) is 23.2 Å². The van der Waals surface area contributed by atoms with Gasteiger partial charge in [0.25, 0.3) is 0 Å². The van der Waals surface area contributed by atoms with Gasteiger partial charge in [0.05, 0.1) is 6.04 Å². The molecule has 4 heteroatoms. The highest BCUT2D eigenvalue weighted by atomic mass is 32.1. The Morgan fingerprint density at radius 1 is 1.60 bits per heavy atom. The van der Waals surface area contributed by atoms with Crippen LogP contribution in [-0.2, 0) is 4.79 Å². The third kappa shape index (κ3) is 3.30. The number of amides is 1. The number of rotatable bonds is 4. The summed E-state index contributed by atoms with van der Waals surface area (Å²) >= 11 is 4.01.